The minimum atomic E-state index is -0.279. The van der Waals surface area contributed by atoms with Crippen molar-refractivity contribution in [3.05, 3.63) is 52.6 Å². The molecule has 0 saturated carbocycles. The summed E-state index contributed by atoms with van der Waals surface area (Å²) in [7, 11) is 6.55. The number of hydrogen-bond acceptors (Lipinski definition) is 7. The summed E-state index contributed by atoms with van der Waals surface area (Å²) >= 11 is 0. The minimum absolute atomic E-state index is 0.0166. The SMILES string of the molecule is COC(=O)C[N+]1(C)CCc2c(c(OC)c3c(c2C(=O)/C=C/c2cccc(OC)c2)OCO3)C1. The largest absolute Gasteiger partial charge is 0.497 e. The molecule has 1 unspecified atom stereocenters. The van der Waals surface area contributed by atoms with Crippen LogP contribution in [0, 0.1) is 0 Å². The quantitative estimate of drug-likeness (QED) is 0.275. The molecule has 2 aromatic carbocycles. The van der Waals surface area contributed by atoms with E-state index in [9.17, 15) is 9.59 Å². The van der Waals surface area contributed by atoms with Crippen LogP contribution in [-0.2, 0) is 22.5 Å². The third-order valence-electron chi connectivity index (χ3n) is 6.14. The number of rotatable bonds is 7. The molecule has 2 aromatic rings. The zero-order valence-corrected chi connectivity index (χ0v) is 19.3. The van der Waals surface area contributed by atoms with Crippen LogP contribution in [0.15, 0.2) is 30.3 Å². The van der Waals surface area contributed by atoms with Gasteiger partial charge in [0, 0.05) is 6.42 Å². The number of benzene rings is 2. The van der Waals surface area contributed by atoms with Gasteiger partial charge in [-0.05, 0) is 29.3 Å². The number of carbonyl (C=O) groups is 2. The van der Waals surface area contributed by atoms with Gasteiger partial charge in [-0.25, -0.2) is 4.79 Å². The summed E-state index contributed by atoms with van der Waals surface area (Å²) in [6.45, 7) is 1.42. The van der Waals surface area contributed by atoms with Gasteiger partial charge in [-0.1, -0.05) is 18.2 Å². The van der Waals surface area contributed by atoms with Gasteiger partial charge in [0.05, 0.1) is 46.0 Å². The summed E-state index contributed by atoms with van der Waals surface area (Å²) < 4.78 is 27.7. The number of quaternary nitrogens is 1. The highest BCUT2D eigenvalue weighted by Crippen LogP contribution is 2.50. The van der Waals surface area contributed by atoms with Crippen LogP contribution in [0.2, 0.25) is 0 Å². The zero-order valence-electron chi connectivity index (χ0n) is 19.3. The molecular weight excluding hydrogens is 426 g/mol. The molecule has 0 aliphatic carbocycles. The Hall–Kier alpha value is -3.52. The first-order valence-electron chi connectivity index (χ1n) is 10.7. The lowest BCUT2D eigenvalue weighted by molar-refractivity contribution is -0.917. The van der Waals surface area contributed by atoms with Gasteiger partial charge in [-0.3, -0.25) is 4.79 Å². The molecule has 0 bridgehead atoms. The fourth-order valence-electron chi connectivity index (χ4n) is 4.47. The minimum Gasteiger partial charge on any atom is -0.497 e. The summed E-state index contributed by atoms with van der Waals surface area (Å²) in [5, 5.41) is 0. The fourth-order valence-corrected chi connectivity index (χ4v) is 4.47. The molecule has 2 aliphatic rings. The Morgan fingerprint density at radius 2 is 1.88 bits per heavy atom. The Morgan fingerprint density at radius 1 is 1.09 bits per heavy atom. The van der Waals surface area contributed by atoms with E-state index in [1.54, 1.807) is 20.3 Å². The molecule has 0 fully saturated rings. The Balaban J connectivity index is 1.75. The fraction of sp³-hybridized carbons (Fsp3) is 0.360. The maximum Gasteiger partial charge on any atom is 0.361 e. The first kappa shape index (κ1) is 22.7. The third kappa shape index (κ3) is 4.39. The molecule has 4 rings (SSSR count). The number of likely N-dealkylation sites (N-methyl/N-ethyl adjacent to an activating group) is 1. The van der Waals surface area contributed by atoms with Gasteiger partial charge in [0.1, 0.15) is 12.3 Å². The zero-order chi connectivity index (χ0) is 23.6. The first-order chi connectivity index (χ1) is 15.9. The van der Waals surface area contributed by atoms with Crippen LogP contribution < -0.4 is 18.9 Å². The topological polar surface area (TPSA) is 80.3 Å². The van der Waals surface area contributed by atoms with Gasteiger partial charge in [0.25, 0.3) is 0 Å². The number of hydrogen-bond donors (Lipinski definition) is 0. The third-order valence-corrected chi connectivity index (χ3v) is 6.14. The average Bonchev–Trinajstić information content (AvgIpc) is 3.30. The van der Waals surface area contributed by atoms with E-state index in [4.69, 9.17) is 23.7 Å². The van der Waals surface area contributed by atoms with Crippen molar-refractivity contribution >= 4 is 17.8 Å². The second-order valence-corrected chi connectivity index (χ2v) is 8.39. The molecule has 1 atom stereocenters. The van der Waals surface area contributed by atoms with E-state index in [1.807, 2.05) is 31.3 Å². The number of allylic oxidation sites excluding steroid dienone is 1. The molecule has 0 aromatic heterocycles. The lowest BCUT2D eigenvalue weighted by atomic mass is 9.89. The standard InChI is InChI=1S/C25H28NO7/c1-26(14-21(28)30-3)11-10-18-19(13-26)23(31-4)25-24(32-15-33-25)22(18)20(27)9-8-16-6-5-7-17(12-16)29-2/h5-9,12H,10-11,13-15H2,1-4H3/q+1/b9-8+. The van der Waals surface area contributed by atoms with Crippen LogP contribution in [0.1, 0.15) is 27.0 Å². The summed E-state index contributed by atoms with van der Waals surface area (Å²) in [4.78, 5) is 25.4. The van der Waals surface area contributed by atoms with Crippen LogP contribution in [0.4, 0.5) is 0 Å². The molecule has 0 amide bonds. The lowest BCUT2D eigenvalue weighted by Gasteiger charge is -2.38. The highest BCUT2D eigenvalue weighted by molar-refractivity contribution is 6.11. The number of ether oxygens (including phenoxy) is 5. The van der Waals surface area contributed by atoms with E-state index >= 15 is 0 Å². The predicted octanol–water partition coefficient (Wildman–Crippen LogP) is 3.00. The van der Waals surface area contributed by atoms with Gasteiger partial charge >= 0.3 is 5.97 Å². The van der Waals surface area contributed by atoms with Gasteiger partial charge in [-0.15, -0.1) is 0 Å². The van der Waals surface area contributed by atoms with Crippen LogP contribution in [-0.4, -0.2) is 64.5 Å². The molecule has 0 N–H and O–H groups in total. The number of ketones is 1. The number of methoxy groups -OCH3 is 3. The summed E-state index contributed by atoms with van der Waals surface area (Å²) in [6.07, 6.45) is 3.88. The van der Waals surface area contributed by atoms with E-state index in [0.29, 0.717) is 52.6 Å². The monoisotopic (exact) mass is 454 g/mol. The average molecular weight is 454 g/mol. The molecule has 8 nitrogen and oxygen atoms in total. The Kier molecular flexibility index (Phi) is 6.29. The van der Waals surface area contributed by atoms with Crippen LogP contribution in [0.5, 0.6) is 23.0 Å². The predicted molar refractivity (Wildman–Crippen MR) is 121 cm³/mol. The molecule has 8 heteroatoms. The van der Waals surface area contributed by atoms with Crippen LogP contribution in [0.25, 0.3) is 6.08 Å². The number of nitrogens with zero attached hydrogens (tertiary/aromatic N) is 1. The van der Waals surface area contributed by atoms with Crippen molar-refractivity contribution in [1.29, 1.82) is 0 Å². The van der Waals surface area contributed by atoms with Gasteiger partial charge in [0.2, 0.25) is 12.5 Å². The number of fused-ring (bicyclic) bond motifs is 2. The molecule has 33 heavy (non-hydrogen) atoms. The smallest absolute Gasteiger partial charge is 0.361 e. The van der Waals surface area contributed by atoms with Gasteiger partial charge < -0.3 is 28.2 Å². The highest BCUT2D eigenvalue weighted by atomic mass is 16.7. The molecule has 2 aliphatic heterocycles. The van der Waals surface area contributed by atoms with Crippen molar-refractivity contribution in [3.63, 3.8) is 0 Å². The van der Waals surface area contributed by atoms with Crippen molar-refractivity contribution in [1.82, 2.24) is 0 Å². The molecule has 0 radical (unpaired) electrons. The molecule has 174 valence electrons. The van der Waals surface area contributed by atoms with E-state index < -0.39 is 0 Å². The van der Waals surface area contributed by atoms with Crippen LogP contribution >= 0.6 is 0 Å². The van der Waals surface area contributed by atoms with Crippen molar-refractivity contribution in [2.24, 2.45) is 0 Å². The summed E-state index contributed by atoms with van der Waals surface area (Å²) in [5.74, 6) is 1.66. The lowest BCUT2D eigenvalue weighted by Crippen LogP contribution is -2.51. The first-order valence-corrected chi connectivity index (χ1v) is 10.7. The Bertz CT molecular complexity index is 1120. The highest BCUT2D eigenvalue weighted by Gasteiger charge is 2.40. The Morgan fingerprint density at radius 3 is 2.61 bits per heavy atom. The second kappa shape index (κ2) is 9.15. The molecule has 0 spiro atoms. The summed E-state index contributed by atoms with van der Waals surface area (Å²) in [5.41, 5.74) is 3.07. The number of esters is 1. The van der Waals surface area contributed by atoms with E-state index in [-0.39, 0.29) is 25.1 Å². The van der Waals surface area contributed by atoms with E-state index in [2.05, 4.69) is 0 Å². The van der Waals surface area contributed by atoms with Crippen molar-refractivity contribution in [2.75, 3.05) is 48.3 Å². The van der Waals surface area contributed by atoms with Gasteiger partial charge in [-0.2, -0.15) is 0 Å². The van der Waals surface area contributed by atoms with Crippen LogP contribution in [0.3, 0.4) is 0 Å². The molecule has 2 heterocycles. The van der Waals surface area contributed by atoms with Gasteiger partial charge in [0.15, 0.2) is 23.8 Å². The number of carbonyl (C=O) groups excluding carboxylic acids is 2. The Labute approximate surface area is 192 Å². The van der Waals surface area contributed by atoms with Crippen molar-refractivity contribution < 1.29 is 37.8 Å². The summed E-state index contributed by atoms with van der Waals surface area (Å²) in [6, 6.07) is 7.47. The van der Waals surface area contributed by atoms with Crippen molar-refractivity contribution in [2.45, 2.75) is 13.0 Å². The molecule has 0 saturated heterocycles. The second-order valence-electron chi connectivity index (χ2n) is 8.39. The maximum absolute atomic E-state index is 13.4. The van der Waals surface area contributed by atoms with E-state index in [0.717, 1.165) is 16.7 Å². The normalized spacial score (nSPS) is 18.7. The maximum atomic E-state index is 13.4. The molecular formula is C25H28NO7+. The van der Waals surface area contributed by atoms with E-state index in [1.165, 1.54) is 13.2 Å². The van der Waals surface area contributed by atoms with Crippen molar-refractivity contribution in [3.8, 4) is 23.0 Å².